The third-order valence-electron chi connectivity index (χ3n) is 2.04. The number of hydrogen-bond acceptors (Lipinski definition) is 0. The monoisotopic (exact) mass is 178 g/mol. The molecule has 0 saturated carbocycles. The average molecular weight is 178 g/mol. The van der Waals surface area contributed by atoms with Crippen LogP contribution in [0, 0.1) is 0 Å². The molecule has 1 unspecified atom stereocenters. The van der Waals surface area contributed by atoms with Crippen LogP contribution in [0.3, 0.4) is 0 Å². The summed E-state index contributed by atoms with van der Waals surface area (Å²) in [5, 5.41) is 0. The fourth-order valence-electron chi connectivity index (χ4n) is 1.26. The molecule has 0 bridgehead atoms. The predicted molar refractivity (Wildman–Crippen MR) is 54.5 cm³/mol. The van der Waals surface area contributed by atoms with Gasteiger partial charge < -0.3 is 0 Å². The maximum atomic E-state index is 12.7. The number of rotatable bonds is 5. The van der Waals surface area contributed by atoms with Crippen molar-refractivity contribution < 1.29 is 4.39 Å². The predicted octanol–water partition coefficient (Wildman–Crippen LogP) is 3.53. The number of allylic oxidation sites excluding steroid dienone is 1. The van der Waals surface area contributed by atoms with Crippen molar-refractivity contribution in [3.05, 3.63) is 48.6 Å². The Morgan fingerprint density at radius 2 is 2.00 bits per heavy atom. The molecule has 0 aromatic heterocycles. The minimum absolute atomic E-state index is 0.582. The molecule has 0 N–H and O–H groups in total. The van der Waals surface area contributed by atoms with Gasteiger partial charge in [-0.1, -0.05) is 36.4 Å². The van der Waals surface area contributed by atoms with Crippen LogP contribution < -0.4 is 0 Å². The molecule has 1 atom stereocenters. The first-order chi connectivity index (χ1) is 6.33. The van der Waals surface area contributed by atoms with Gasteiger partial charge in [-0.2, -0.15) is 0 Å². The van der Waals surface area contributed by atoms with E-state index < -0.39 is 6.17 Å². The fourth-order valence-corrected chi connectivity index (χ4v) is 1.26. The van der Waals surface area contributed by atoms with Crippen LogP contribution in [0.4, 0.5) is 4.39 Å². The van der Waals surface area contributed by atoms with Gasteiger partial charge in [0.2, 0.25) is 0 Å². The van der Waals surface area contributed by atoms with Crippen molar-refractivity contribution in [2.45, 2.75) is 25.4 Å². The molecule has 0 heterocycles. The highest BCUT2D eigenvalue weighted by Crippen LogP contribution is 2.08. The molecular weight excluding hydrogens is 163 g/mol. The molecule has 0 saturated heterocycles. The Morgan fingerprint density at radius 3 is 2.62 bits per heavy atom. The number of halogens is 1. The normalized spacial score (nSPS) is 12.4. The summed E-state index contributed by atoms with van der Waals surface area (Å²) in [6.07, 6.45) is 2.94. The second kappa shape index (κ2) is 5.52. The first kappa shape index (κ1) is 9.97. The van der Waals surface area contributed by atoms with E-state index in [9.17, 15) is 4.39 Å². The molecule has 1 aromatic carbocycles. The fraction of sp³-hybridized carbons (Fsp3) is 0.333. The van der Waals surface area contributed by atoms with E-state index in [2.05, 4.69) is 18.7 Å². The summed E-state index contributed by atoms with van der Waals surface area (Å²) in [4.78, 5) is 0. The maximum absolute atomic E-state index is 12.7. The second-order valence-electron chi connectivity index (χ2n) is 3.13. The molecule has 0 aliphatic carbocycles. The highest BCUT2D eigenvalue weighted by atomic mass is 19.1. The standard InChI is InChI=1S/C12H15F/c1-2-12(13)10-6-9-11-7-4-3-5-8-11/h2-5,7-8,12H,1,6,9-10H2. The van der Waals surface area contributed by atoms with Crippen LogP contribution in [0.5, 0.6) is 0 Å². The summed E-state index contributed by atoms with van der Waals surface area (Å²) < 4.78 is 12.7. The average Bonchev–Trinajstić information content (AvgIpc) is 2.19. The quantitative estimate of drug-likeness (QED) is 0.605. The summed E-state index contributed by atoms with van der Waals surface area (Å²) in [6.45, 7) is 3.41. The van der Waals surface area contributed by atoms with Crippen molar-refractivity contribution in [1.82, 2.24) is 0 Å². The summed E-state index contributed by atoms with van der Waals surface area (Å²) in [6, 6.07) is 10.2. The molecule has 0 amide bonds. The molecule has 0 aliphatic rings. The van der Waals surface area contributed by atoms with Gasteiger partial charge in [-0.15, -0.1) is 6.58 Å². The molecule has 1 rings (SSSR count). The van der Waals surface area contributed by atoms with Crippen molar-refractivity contribution in [2.75, 3.05) is 0 Å². The maximum Gasteiger partial charge on any atom is 0.118 e. The summed E-state index contributed by atoms with van der Waals surface area (Å²) in [7, 11) is 0. The van der Waals surface area contributed by atoms with E-state index in [0.29, 0.717) is 6.42 Å². The van der Waals surface area contributed by atoms with E-state index in [0.717, 1.165) is 12.8 Å². The van der Waals surface area contributed by atoms with E-state index in [-0.39, 0.29) is 0 Å². The van der Waals surface area contributed by atoms with Gasteiger partial charge >= 0.3 is 0 Å². The summed E-state index contributed by atoms with van der Waals surface area (Å²) in [5.74, 6) is 0. The molecule has 0 spiro atoms. The SMILES string of the molecule is C=CC(F)CCCc1ccccc1. The number of aryl methyl sites for hydroxylation is 1. The molecule has 70 valence electrons. The van der Waals surface area contributed by atoms with E-state index in [1.54, 1.807) is 0 Å². The first-order valence-corrected chi connectivity index (χ1v) is 4.63. The third-order valence-corrected chi connectivity index (χ3v) is 2.04. The van der Waals surface area contributed by atoms with Gasteiger partial charge in [0, 0.05) is 0 Å². The Morgan fingerprint density at radius 1 is 1.31 bits per heavy atom. The zero-order chi connectivity index (χ0) is 9.52. The Bertz CT molecular complexity index is 241. The molecular formula is C12H15F. The van der Waals surface area contributed by atoms with E-state index in [1.165, 1.54) is 11.6 Å². The van der Waals surface area contributed by atoms with Gasteiger partial charge in [0.15, 0.2) is 0 Å². The topological polar surface area (TPSA) is 0 Å². The van der Waals surface area contributed by atoms with Crippen molar-refractivity contribution in [3.63, 3.8) is 0 Å². The Labute approximate surface area is 79.1 Å². The van der Waals surface area contributed by atoms with E-state index >= 15 is 0 Å². The van der Waals surface area contributed by atoms with Crippen LogP contribution in [0.2, 0.25) is 0 Å². The van der Waals surface area contributed by atoms with E-state index in [4.69, 9.17) is 0 Å². The zero-order valence-corrected chi connectivity index (χ0v) is 7.75. The molecule has 13 heavy (non-hydrogen) atoms. The van der Waals surface area contributed by atoms with Crippen molar-refractivity contribution in [2.24, 2.45) is 0 Å². The molecule has 1 aromatic rings. The lowest BCUT2D eigenvalue weighted by Crippen LogP contribution is -1.95. The second-order valence-corrected chi connectivity index (χ2v) is 3.13. The largest absolute Gasteiger partial charge is 0.243 e. The van der Waals surface area contributed by atoms with Gasteiger partial charge in [-0.25, -0.2) is 4.39 Å². The molecule has 1 heteroatoms. The first-order valence-electron chi connectivity index (χ1n) is 4.63. The van der Waals surface area contributed by atoms with E-state index in [1.807, 2.05) is 18.2 Å². The minimum atomic E-state index is -0.844. The van der Waals surface area contributed by atoms with Gasteiger partial charge in [-0.3, -0.25) is 0 Å². The Hall–Kier alpha value is -1.11. The highest BCUT2D eigenvalue weighted by Gasteiger charge is 1.99. The number of alkyl halides is 1. The van der Waals surface area contributed by atoms with Gasteiger partial charge in [-0.05, 0) is 24.8 Å². The smallest absolute Gasteiger partial charge is 0.118 e. The zero-order valence-electron chi connectivity index (χ0n) is 7.75. The number of benzene rings is 1. The lowest BCUT2D eigenvalue weighted by Gasteiger charge is -2.02. The van der Waals surface area contributed by atoms with Crippen LogP contribution in [0.15, 0.2) is 43.0 Å². The van der Waals surface area contributed by atoms with Crippen molar-refractivity contribution >= 4 is 0 Å². The van der Waals surface area contributed by atoms with Crippen LogP contribution in [0.1, 0.15) is 18.4 Å². The van der Waals surface area contributed by atoms with Crippen LogP contribution in [-0.2, 0) is 6.42 Å². The molecule has 0 nitrogen and oxygen atoms in total. The van der Waals surface area contributed by atoms with Gasteiger partial charge in [0.25, 0.3) is 0 Å². The van der Waals surface area contributed by atoms with Crippen LogP contribution in [0.25, 0.3) is 0 Å². The van der Waals surface area contributed by atoms with Crippen molar-refractivity contribution in [3.8, 4) is 0 Å². The lowest BCUT2D eigenvalue weighted by molar-refractivity contribution is 0.371. The number of hydrogen-bond donors (Lipinski definition) is 0. The Kier molecular flexibility index (Phi) is 4.24. The van der Waals surface area contributed by atoms with Crippen LogP contribution in [-0.4, -0.2) is 6.17 Å². The van der Waals surface area contributed by atoms with Gasteiger partial charge in [0.1, 0.15) is 6.17 Å². The van der Waals surface area contributed by atoms with Gasteiger partial charge in [0.05, 0.1) is 0 Å². The molecule has 0 aliphatic heterocycles. The summed E-state index contributed by atoms with van der Waals surface area (Å²) in [5.41, 5.74) is 1.28. The Balaban J connectivity index is 2.24. The lowest BCUT2D eigenvalue weighted by atomic mass is 10.1. The molecule has 0 fully saturated rings. The third kappa shape index (κ3) is 3.88. The van der Waals surface area contributed by atoms with Crippen molar-refractivity contribution in [1.29, 1.82) is 0 Å². The molecule has 0 radical (unpaired) electrons. The van der Waals surface area contributed by atoms with Crippen LogP contribution >= 0.6 is 0 Å². The minimum Gasteiger partial charge on any atom is -0.243 e. The summed E-state index contributed by atoms with van der Waals surface area (Å²) >= 11 is 0. The highest BCUT2D eigenvalue weighted by molar-refractivity contribution is 5.14.